The Labute approximate surface area is 159 Å². The monoisotopic (exact) mass is 382 g/mol. The molecule has 0 spiro atoms. The van der Waals surface area contributed by atoms with Crippen molar-refractivity contribution in [2.45, 2.75) is 76.7 Å². The van der Waals surface area contributed by atoms with Crippen molar-refractivity contribution >= 4 is 5.97 Å². The molecule has 0 aromatic heterocycles. The first kappa shape index (κ1) is 20.3. The molecule has 0 aromatic carbocycles. The SMILES string of the molecule is C=C1C2=CC[C@](C)(C[C@@H]3O[C@](O)(C(C)CC)[C@@](C)(C(=O)O)C3[C@H](O)[C@H]1O)O2. The van der Waals surface area contributed by atoms with E-state index in [4.69, 9.17) is 9.47 Å². The number of hydrogen-bond donors (Lipinski definition) is 4. The Morgan fingerprint density at radius 2 is 2.04 bits per heavy atom. The van der Waals surface area contributed by atoms with Crippen LogP contribution in [0.25, 0.3) is 0 Å². The van der Waals surface area contributed by atoms with Crippen LogP contribution >= 0.6 is 0 Å². The number of aliphatic hydroxyl groups excluding tert-OH is 2. The standard InChI is InChI=1S/C20H30O7/c1-6-10(2)20(25)19(5,17(23)24)14-13(27-20)9-18(4)8-7-12(26-18)11(3)15(21)16(14)22/h7,10,13-16,21-22,25H,3,6,8-9H2,1-2,4-5H3,(H,23,24)/t10?,13-,14?,15-,16-,18+,19+,20+/m0/s1. The number of aliphatic carboxylic acids is 1. The fourth-order valence-electron chi connectivity index (χ4n) is 4.92. The fourth-order valence-corrected chi connectivity index (χ4v) is 4.92. The molecule has 3 aliphatic heterocycles. The van der Waals surface area contributed by atoms with Gasteiger partial charge in [-0.15, -0.1) is 0 Å². The van der Waals surface area contributed by atoms with Crippen LogP contribution in [-0.4, -0.2) is 56.1 Å². The van der Waals surface area contributed by atoms with Crippen molar-refractivity contribution in [3.05, 3.63) is 24.0 Å². The molecule has 0 amide bonds. The minimum absolute atomic E-state index is 0.207. The number of hydrogen-bond acceptors (Lipinski definition) is 6. The molecule has 27 heavy (non-hydrogen) atoms. The number of rotatable bonds is 3. The summed E-state index contributed by atoms with van der Waals surface area (Å²) in [6.45, 7) is 10.7. The first-order chi connectivity index (χ1) is 12.4. The van der Waals surface area contributed by atoms with Crippen molar-refractivity contribution in [1.82, 2.24) is 0 Å². The normalized spacial score (nSPS) is 48.0. The lowest BCUT2D eigenvalue weighted by Gasteiger charge is -2.42. The van der Waals surface area contributed by atoms with Gasteiger partial charge < -0.3 is 29.9 Å². The molecule has 4 N–H and O–H groups in total. The predicted octanol–water partition coefficient (Wildman–Crippen LogP) is 1.57. The molecule has 152 valence electrons. The van der Waals surface area contributed by atoms with Gasteiger partial charge in [0.25, 0.3) is 0 Å². The maximum absolute atomic E-state index is 12.4. The second kappa shape index (κ2) is 6.30. The van der Waals surface area contributed by atoms with Gasteiger partial charge in [0.2, 0.25) is 0 Å². The fraction of sp³-hybridized carbons (Fsp3) is 0.750. The molecule has 3 heterocycles. The van der Waals surface area contributed by atoms with Gasteiger partial charge in [-0.2, -0.15) is 0 Å². The lowest BCUT2D eigenvalue weighted by atomic mass is 9.63. The smallest absolute Gasteiger partial charge is 0.315 e. The molecular formula is C20H30O7. The zero-order chi connectivity index (χ0) is 20.4. The third-order valence-electron chi connectivity index (χ3n) is 6.94. The summed E-state index contributed by atoms with van der Waals surface area (Å²) in [5.74, 6) is -4.38. The second-order valence-electron chi connectivity index (χ2n) is 8.68. The zero-order valence-electron chi connectivity index (χ0n) is 16.3. The molecule has 7 nitrogen and oxygen atoms in total. The van der Waals surface area contributed by atoms with E-state index in [2.05, 4.69) is 6.58 Å². The van der Waals surface area contributed by atoms with Crippen molar-refractivity contribution in [2.24, 2.45) is 17.3 Å². The number of ether oxygens (including phenoxy) is 2. The maximum Gasteiger partial charge on any atom is 0.315 e. The van der Waals surface area contributed by atoms with E-state index in [0.717, 1.165) is 0 Å². The molecule has 2 bridgehead atoms. The molecule has 2 unspecified atom stereocenters. The molecule has 3 rings (SSSR count). The van der Waals surface area contributed by atoms with Gasteiger partial charge in [0, 0.05) is 30.3 Å². The van der Waals surface area contributed by atoms with Crippen LogP contribution in [0.15, 0.2) is 24.0 Å². The average Bonchev–Trinajstić information content (AvgIpc) is 3.09. The van der Waals surface area contributed by atoms with Crippen LogP contribution in [0.4, 0.5) is 0 Å². The van der Waals surface area contributed by atoms with Crippen LogP contribution in [0.3, 0.4) is 0 Å². The van der Waals surface area contributed by atoms with E-state index in [1.807, 2.05) is 19.9 Å². The summed E-state index contributed by atoms with van der Waals surface area (Å²) in [6.07, 6.45) is -0.592. The lowest BCUT2D eigenvalue weighted by molar-refractivity contribution is -0.269. The van der Waals surface area contributed by atoms with Crippen LogP contribution in [-0.2, 0) is 14.3 Å². The van der Waals surface area contributed by atoms with Gasteiger partial charge in [0.1, 0.15) is 22.9 Å². The summed E-state index contributed by atoms with van der Waals surface area (Å²) in [4.78, 5) is 12.4. The van der Waals surface area contributed by atoms with E-state index in [1.165, 1.54) is 6.92 Å². The quantitative estimate of drug-likeness (QED) is 0.585. The Morgan fingerprint density at radius 1 is 1.41 bits per heavy atom. The van der Waals surface area contributed by atoms with Crippen molar-refractivity contribution < 1.29 is 34.7 Å². The number of carboxylic acids is 1. The highest BCUT2D eigenvalue weighted by Crippen LogP contribution is 2.58. The van der Waals surface area contributed by atoms with Crippen molar-refractivity contribution in [3.63, 3.8) is 0 Å². The topological polar surface area (TPSA) is 116 Å². The highest BCUT2D eigenvalue weighted by Gasteiger charge is 2.71. The molecule has 7 heteroatoms. The van der Waals surface area contributed by atoms with Gasteiger partial charge in [-0.25, -0.2) is 0 Å². The minimum atomic E-state index is -1.99. The summed E-state index contributed by atoms with van der Waals surface area (Å²) in [5.41, 5.74) is -2.30. The van der Waals surface area contributed by atoms with Gasteiger partial charge >= 0.3 is 5.97 Å². The Kier molecular flexibility index (Phi) is 4.75. The van der Waals surface area contributed by atoms with Gasteiger partial charge in [-0.05, 0) is 26.3 Å². The molecule has 3 aliphatic rings. The van der Waals surface area contributed by atoms with Crippen LogP contribution < -0.4 is 0 Å². The summed E-state index contributed by atoms with van der Waals surface area (Å²) >= 11 is 0. The number of carboxylic acid groups (broad SMARTS) is 1. The number of aliphatic hydroxyl groups is 3. The van der Waals surface area contributed by atoms with E-state index in [1.54, 1.807) is 6.92 Å². The maximum atomic E-state index is 12.4. The molecule has 0 aromatic rings. The van der Waals surface area contributed by atoms with Crippen molar-refractivity contribution in [2.75, 3.05) is 0 Å². The number of fused-ring (bicyclic) bond motifs is 3. The zero-order valence-corrected chi connectivity index (χ0v) is 16.3. The highest BCUT2D eigenvalue weighted by molar-refractivity contribution is 5.77. The van der Waals surface area contributed by atoms with Gasteiger partial charge in [0.15, 0.2) is 5.79 Å². The lowest BCUT2D eigenvalue weighted by Crippen LogP contribution is -2.58. The highest BCUT2D eigenvalue weighted by atomic mass is 16.6. The summed E-state index contributed by atoms with van der Waals surface area (Å²) in [6, 6.07) is 0. The Hall–Kier alpha value is -1.41. The Bertz CT molecular complexity index is 688. The van der Waals surface area contributed by atoms with Gasteiger partial charge in [-0.1, -0.05) is 20.4 Å². The van der Waals surface area contributed by atoms with Crippen LogP contribution in [0.2, 0.25) is 0 Å². The molecule has 0 aliphatic carbocycles. The summed E-state index contributed by atoms with van der Waals surface area (Å²) in [7, 11) is 0. The second-order valence-corrected chi connectivity index (χ2v) is 8.68. The third-order valence-corrected chi connectivity index (χ3v) is 6.94. The first-order valence-corrected chi connectivity index (χ1v) is 9.49. The largest absolute Gasteiger partial charge is 0.487 e. The summed E-state index contributed by atoms with van der Waals surface area (Å²) in [5, 5.41) is 43.2. The van der Waals surface area contributed by atoms with Gasteiger partial charge in [-0.3, -0.25) is 4.79 Å². The van der Waals surface area contributed by atoms with Crippen molar-refractivity contribution in [1.29, 1.82) is 0 Å². The van der Waals surface area contributed by atoms with Crippen LogP contribution in [0, 0.1) is 17.3 Å². The Morgan fingerprint density at radius 3 is 2.59 bits per heavy atom. The van der Waals surface area contributed by atoms with E-state index in [9.17, 15) is 25.2 Å². The number of carbonyl (C=O) groups is 1. The predicted molar refractivity (Wildman–Crippen MR) is 96.5 cm³/mol. The molecule has 2 saturated heterocycles. The van der Waals surface area contributed by atoms with Crippen LogP contribution in [0.1, 0.15) is 47.0 Å². The van der Waals surface area contributed by atoms with E-state index in [-0.39, 0.29) is 12.0 Å². The average molecular weight is 382 g/mol. The van der Waals surface area contributed by atoms with Crippen molar-refractivity contribution in [3.8, 4) is 0 Å². The Balaban J connectivity index is 2.16. The molecular weight excluding hydrogens is 352 g/mol. The molecule has 2 fully saturated rings. The molecule has 0 radical (unpaired) electrons. The molecule has 0 saturated carbocycles. The minimum Gasteiger partial charge on any atom is -0.487 e. The molecule has 8 atom stereocenters. The third kappa shape index (κ3) is 2.67. The van der Waals surface area contributed by atoms with E-state index >= 15 is 0 Å². The summed E-state index contributed by atoms with van der Waals surface area (Å²) < 4.78 is 12.0. The first-order valence-electron chi connectivity index (χ1n) is 9.49. The van der Waals surface area contributed by atoms with Crippen LogP contribution in [0.5, 0.6) is 0 Å². The van der Waals surface area contributed by atoms with Gasteiger partial charge in [0.05, 0.1) is 12.2 Å². The van der Waals surface area contributed by atoms with E-state index < -0.39 is 52.9 Å². The van der Waals surface area contributed by atoms with E-state index in [0.29, 0.717) is 18.6 Å².